The van der Waals surface area contributed by atoms with Crippen molar-refractivity contribution >= 4 is 17.7 Å². The molecule has 1 rings (SSSR count). The van der Waals surface area contributed by atoms with E-state index >= 15 is 0 Å². The van der Waals surface area contributed by atoms with Crippen molar-refractivity contribution in [2.75, 3.05) is 12.9 Å². The number of nitrogens with one attached hydrogen (secondary N) is 2. The van der Waals surface area contributed by atoms with Crippen molar-refractivity contribution in [2.45, 2.75) is 57.4 Å². The van der Waals surface area contributed by atoms with E-state index in [0.29, 0.717) is 17.3 Å². The number of nitrogens with zero attached hydrogens (tertiary/aromatic N) is 2. The van der Waals surface area contributed by atoms with Crippen LogP contribution in [0.3, 0.4) is 0 Å². The van der Waals surface area contributed by atoms with Crippen LogP contribution in [0.25, 0.3) is 0 Å². The number of esters is 1. The third-order valence-corrected chi connectivity index (χ3v) is 3.83. The number of thioether (sulfide) groups is 1. The first kappa shape index (κ1) is 17.8. The van der Waals surface area contributed by atoms with Crippen LogP contribution in [0.1, 0.15) is 40.2 Å². The first-order valence-electron chi connectivity index (χ1n) is 7.00. The van der Waals surface area contributed by atoms with E-state index in [1.54, 1.807) is 4.57 Å². The second kappa shape index (κ2) is 8.23. The quantitative estimate of drug-likeness (QED) is 0.553. The summed E-state index contributed by atoms with van der Waals surface area (Å²) >= 11 is 1.45. The van der Waals surface area contributed by atoms with Crippen molar-refractivity contribution in [1.82, 2.24) is 20.1 Å². The average molecular weight is 316 g/mol. The second-order valence-corrected chi connectivity index (χ2v) is 6.37. The number of carbonyl (C=O) groups excluding carboxylic acids is 1. The predicted octanol–water partition coefficient (Wildman–Crippen LogP) is 1.17. The molecule has 0 aliphatic carbocycles. The van der Waals surface area contributed by atoms with Gasteiger partial charge in [-0.3, -0.25) is 9.36 Å². The lowest BCUT2D eigenvalue weighted by atomic mass is 10.2. The molecule has 1 atom stereocenters. The largest absolute Gasteiger partial charge is 0.468 e. The highest BCUT2D eigenvalue weighted by molar-refractivity contribution is 7.99. The van der Waals surface area contributed by atoms with E-state index in [4.69, 9.17) is 4.74 Å². The molecule has 7 nitrogen and oxygen atoms in total. The Morgan fingerprint density at radius 2 is 2.10 bits per heavy atom. The molecule has 0 saturated carbocycles. The van der Waals surface area contributed by atoms with Crippen LogP contribution >= 0.6 is 11.8 Å². The van der Waals surface area contributed by atoms with E-state index in [1.165, 1.54) is 18.9 Å². The topological polar surface area (TPSA) is 89.0 Å². The summed E-state index contributed by atoms with van der Waals surface area (Å²) in [5.74, 6) is 0.392. The third kappa shape index (κ3) is 5.20. The third-order valence-electron chi connectivity index (χ3n) is 2.85. The van der Waals surface area contributed by atoms with Crippen LogP contribution in [-0.4, -0.2) is 45.7 Å². The van der Waals surface area contributed by atoms with Gasteiger partial charge in [-0.15, -0.1) is 5.10 Å². The summed E-state index contributed by atoms with van der Waals surface area (Å²) in [7, 11) is 1.38. The zero-order valence-electron chi connectivity index (χ0n) is 13.2. The van der Waals surface area contributed by atoms with Gasteiger partial charge in [-0.2, -0.15) is 0 Å². The van der Waals surface area contributed by atoms with E-state index in [9.17, 15) is 9.59 Å². The molecule has 0 aliphatic heterocycles. The van der Waals surface area contributed by atoms with Crippen LogP contribution in [0.4, 0.5) is 0 Å². The molecule has 0 spiro atoms. The van der Waals surface area contributed by atoms with Gasteiger partial charge in [-0.05, 0) is 20.3 Å². The molecule has 2 N–H and O–H groups in total. The van der Waals surface area contributed by atoms with E-state index in [1.807, 2.05) is 27.7 Å². The standard InChI is InChI=1S/C13H24N4O3S/c1-8(2)14-10(11(18)20-5)6-7-21-13-16-15-12(19)17(13)9(3)4/h8-10,14H,6-7H2,1-5H3,(H,15,19). The molecule has 1 aromatic heterocycles. The Bertz CT molecular complexity index is 510. The Morgan fingerprint density at radius 1 is 1.43 bits per heavy atom. The van der Waals surface area contributed by atoms with Gasteiger partial charge in [0, 0.05) is 17.8 Å². The zero-order valence-corrected chi connectivity index (χ0v) is 14.0. The maximum absolute atomic E-state index is 11.7. The summed E-state index contributed by atoms with van der Waals surface area (Å²) in [5.41, 5.74) is -0.211. The lowest BCUT2D eigenvalue weighted by molar-refractivity contribution is -0.143. The van der Waals surface area contributed by atoms with E-state index in [-0.39, 0.29) is 29.8 Å². The van der Waals surface area contributed by atoms with Crippen LogP contribution < -0.4 is 11.0 Å². The number of ether oxygens (including phenoxy) is 1. The highest BCUT2D eigenvalue weighted by atomic mass is 32.2. The fourth-order valence-electron chi connectivity index (χ4n) is 1.93. The number of hydrogen-bond donors (Lipinski definition) is 2. The number of hydrogen-bond acceptors (Lipinski definition) is 6. The van der Waals surface area contributed by atoms with Gasteiger partial charge in [0.2, 0.25) is 0 Å². The molecule has 8 heteroatoms. The van der Waals surface area contributed by atoms with E-state index < -0.39 is 0 Å². The summed E-state index contributed by atoms with van der Waals surface area (Å²) in [5, 5.41) is 10.3. The van der Waals surface area contributed by atoms with E-state index in [2.05, 4.69) is 15.5 Å². The first-order chi connectivity index (χ1) is 9.86. The number of rotatable bonds is 8. The highest BCUT2D eigenvalue weighted by Gasteiger charge is 2.20. The van der Waals surface area contributed by atoms with Crippen molar-refractivity contribution in [1.29, 1.82) is 0 Å². The van der Waals surface area contributed by atoms with Crippen LogP contribution in [-0.2, 0) is 9.53 Å². The zero-order chi connectivity index (χ0) is 16.0. The molecule has 0 aliphatic rings. The summed E-state index contributed by atoms with van der Waals surface area (Å²) < 4.78 is 6.40. The van der Waals surface area contributed by atoms with Crippen LogP contribution in [0.2, 0.25) is 0 Å². The molecule has 0 radical (unpaired) electrons. The van der Waals surface area contributed by atoms with Gasteiger partial charge >= 0.3 is 11.7 Å². The summed E-state index contributed by atoms with van der Waals surface area (Å²) in [6, 6.07) is -0.108. The Kier molecular flexibility index (Phi) is 6.97. The normalized spacial score (nSPS) is 12.9. The Balaban J connectivity index is 2.62. The van der Waals surface area contributed by atoms with Gasteiger partial charge in [0.15, 0.2) is 5.16 Å². The van der Waals surface area contributed by atoms with Crippen molar-refractivity contribution in [3.8, 4) is 0 Å². The SMILES string of the molecule is COC(=O)C(CCSc1n[nH]c(=O)n1C(C)C)NC(C)C. The number of aromatic nitrogens is 3. The molecule has 1 heterocycles. The lowest BCUT2D eigenvalue weighted by Crippen LogP contribution is -2.41. The molecule has 120 valence electrons. The minimum Gasteiger partial charge on any atom is -0.468 e. The minimum absolute atomic E-state index is 0.0453. The monoisotopic (exact) mass is 316 g/mol. The van der Waals surface area contributed by atoms with Crippen LogP contribution in [0.15, 0.2) is 9.95 Å². The summed E-state index contributed by atoms with van der Waals surface area (Å²) in [4.78, 5) is 23.3. The van der Waals surface area contributed by atoms with Gasteiger partial charge in [0.05, 0.1) is 7.11 Å². The molecule has 0 fully saturated rings. The highest BCUT2D eigenvalue weighted by Crippen LogP contribution is 2.18. The number of aromatic amines is 1. The maximum Gasteiger partial charge on any atom is 0.344 e. The Hall–Kier alpha value is -1.28. The Labute approximate surface area is 128 Å². The molecule has 1 unspecified atom stereocenters. The van der Waals surface area contributed by atoms with Crippen molar-refractivity contribution in [3.63, 3.8) is 0 Å². The smallest absolute Gasteiger partial charge is 0.344 e. The number of carbonyl (C=O) groups is 1. The summed E-state index contributed by atoms with van der Waals surface area (Å²) in [6.45, 7) is 7.82. The fourth-order valence-corrected chi connectivity index (χ4v) is 3.01. The molecule has 1 aromatic rings. The van der Waals surface area contributed by atoms with Gasteiger partial charge in [-0.1, -0.05) is 25.6 Å². The molecular weight excluding hydrogens is 292 g/mol. The lowest BCUT2D eigenvalue weighted by Gasteiger charge is -2.18. The molecule has 0 amide bonds. The second-order valence-electron chi connectivity index (χ2n) is 5.31. The molecule has 0 saturated heterocycles. The van der Waals surface area contributed by atoms with E-state index in [0.717, 1.165) is 0 Å². The first-order valence-corrected chi connectivity index (χ1v) is 7.99. The van der Waals surface area contributed by atoms with Crippen LogP contribution in [0.5, 0.6) is 0 Å². The van der Waals surface area contributed by atoms with Crippen molar-refractivity contribution < 1.29 is 9.53 Å². The number of H-pyrrole nitrogens is 1. The number of methoxy groups -OCH3 is 1. The predicted molar refractivity (Wildman–Crippen MR) is 82.6 cm³/mol. The molecule has 21 heavy (non-hydrogen) atoms. The van der Waals surface area contributed by atoms with Gasteiger partial charge in [0.25, 0.3) is 0 Å². The van der Waals surface area contributed by atoms with Gasteiger partial charge in [0.1, 0.15) is 6.04 Å². The summed E-state index contributed by atoms with van der Waals surface area (Å²) in [6.07, 6.45) is 0.606. The van der Waals surface area contributed by atoms with Gasteiger partial charge < -0.3 is 10.1 Å². The average Bonchev–Trinajstić information content (AvgIpc) is 2.77. The van der Waals surface area contributed by atoms with Crippen molar-refractivity contribution in [2.24, 2.45) is 0 Å². The van der Waals surface area contributed by atoms with Gasteiger partial charge in [-0.25, -0.2) is 9.89 Å². The molecular formula is C13H24N4O3S. The minimum atomic E-state index is -0.347. The van der Waals surface area contributed by atoms with Crippen molar-refractivity contribution in [3.05, 3.63) is 10.5 Å². The molecule has 0 aromatic carbocycles. The fraction of sp³-hybridized carbons (Fsp3) is 0.769. The van der Waals surface area contributed by atoms with Crippen LogP contribution in [0, 0.1) is 0 Å². The Morgan fingerprint density at radius 3 is 2.62 bits per heavy atom. The maximum atomic E-state index is 11.7. The molecule has 0 bridgehead atoms.